The molecular formula is C10H9NO2. The minimum absolute atomic E-state index is 0.0237. The zero-order chi connectivity index (χ0) is 9.26. The molecule has 0 saturated heterocycles. The van der Waals surface area contributed by atoms with Crippen molar-refractivity contribution in [2.75, 3.05) is 0 Å². The van der Waals surface area contributed by atoms with Crippen LogP contribution in [0.1, 0.15) is 21.5 Å². The Kier molecular flexibility index (Phi) is 1.85. The molecule has 1 aromatic rings. The summed E-state index contributed by atoms with van der Waals surface area (Å²) in [6.07, 6.45) is 1.18. The van der Waals surface area contributed by atoms with Crippen molar-refractivity contribution in [2.24, 2.45) is 0 Å². The molecule has 0 unspecified atom stereocenters. The van der Waals surface area contributed by atoms with Crippen LogP contribution in [0.5, 0.6) is 0 Å². The molecule has 66 valence electrons. The Morgan fingerprint density at radius 2 is 2.15 bits per heavy atom. The summed E-state index contributed by atoms with van der Waals surface area (Å²) in [5.74, 6) is 0.0237. The number of nitrogens with one attached hydrogen (secondary N) is 1. The number of carbonyl (C=O) groups excluding carboxylic acids is 2. The maximum absolute atomic E-state index is 11.0. The lowest BCUT2D eigenvalue weighted by Gasteiger charge is -2.16. The highest BCUT2D eigenvalue weighted by molar-refractivity contribution is 5.82. The number of amides is 1. The molecule has 0 radical (unpaired) electrons. The van der Waals surface area contributed by atoms with Gasteiger partial charge in [0.1, 0.15) is 6.29 Å². The lowest BCUT2D eigenvalue weighted by Crippen LogP contribution is -2.30. The first-order valence-electron chi connectivity index (χ1n) is 4.13. The topological polar surface area (TPSA) is 46.2 Å². The van der Waals surface area contributed by atoms with Gasteiger partial charge in [0.2, 0.25) is 5.91 Å². The number of benzene rings is 1. The molecule has 0 aliphatic carbocycles. The Bertz CT molecular complexity index is 371. The van der Waals surface area contributed by atoms with E-state index >= 15 is 0 Å². The Morgan fingerprint density at radius 3 is 2.92 bits per heavy atom. The Hall–Kier alpha value is -1.64. The molecule has 1 aromatic carbocycles. The van der Waals surface area contributed by atoms with Crippen LogP contribution in [-0.2, 0) is 17.8 Å². The van der Waals surface area contributed by atoms with Crippen LogP contribution in [0.4, 0.5) is 0 Å². The molecule has 3 nitrogen and oxygen atoms in total. The number of hydrogen-bond donors (Lipinski definition) is 1. The van der Waals surface area contributed by atoms with Gasteiger partial charge in [-0.05, 0) is 17.2 Å². The fraction of sp³-hybridized carbons (Fsp3) is 0.200. The fourth-order valence-corrected chi connectivity index (χ4v) is 1.49. The van der Waals surface area contributed by atoms with Crippen LogP contribution >= 0.6 is 0 Å². The van der Waals surface area contributed by atoms with Crippen molar-refractivity contribution in [3.05, 3.63) is 34.9 Å². The molecule has 0 spiro atoms. The first-order valence-corrected chi connectivity index (χ1v) is 4.13. The Labute approximate surface area is 75.8 Å². The summed E-state index contributed by atoms with van der Waals surface area (Å²) in [5, 5.41) is 2.75. The Balaban J connectivity index is 2.43. The number of fused-ring (bicyclic) bond motifs is 1. The molecule has 0 atom stereocenters. The summed E-state index contributed by atoms with van der Waals surface area (Å²) in [4.78, 5) is 21.5. The normalized spacial score (nSPS) is 14.6. The van der Waals surface area contributed by atoms with Gasteiger partial charge in [-0.1, -0.05) is 12.1 Å². The number of carbonyl (C=O) groups is 2. The zero-order valence-corrected chi connectivity index (χ0v) is 7.04. The summed E-state index contributed by atoms with van der Waals surface area (Å²) in [7, 11) is 0. The largest absolute Gasteiger partial charge is 0.352 e. The van der Waals surface area contributed by atoms with Crippen LogP contribution < -0.4 is 5.32 Å². The van der Waals surface area contributed by atoms with E-state index in [2.05, 4.69) is 5.32 Å². The molecule has 0 aromatic heterocycles. The van der Waals surface area contributed by atoms with E-state index in [0.29, 0.717) is 18.5 Å². The van der Waals surface area contributed by atoms with Gasteiger partial charge in [0, 0.05) is 12.1 Å². The lowest BCUT2D eigenvalue weighted by molar-refractivity contribution is -0.121. The fourth-order valence-electron chi connectivity index (χ4n) is 1.49. The summed E-state index contributed by atoms with van der Waals surface area (Å²) in [6, 6.07) is 5.43. The molecule has 3 heteroatoms. The summed E-state index contributed by atoms with van der Waals surface area (Å²) in [5.41, 5.74) is 2.70. The number of rotatable bonds is 1. The van der Waals surface area contributed by atoms with Gasteiger partial charge in [-0.2, -0.15) is 0 Å². The van der Waals surface area contributed by atoms with Crippen molar-refractivity contribution in [3.63, 3.8) is 0 Å². The maximum Gasteiger partial charge on any atom is 0.224 e. The van der Waals surface area contributed by atoms with Crippen LogP contribution in [0.3, 0.4) is 0 Å². The standard InChI is InChI=1S/C10H9NO2/c12-6-7-1-2-8-5-11-10(13)4-9(8)3-7/h1-3,6H,4-5H2,(H,11,13). The van der Waals surface area contributed by atoms with E-state index in [1.165, 1.54) is 0 Å². The minimum Gasteiger partial charge on any atom is -0.352 e. The van der Waals surface area contributed by atoms with Gasteiger partial charge >= 0.3 is 0 Å². The van der Waals surface area contributed by atoms with Crippen LogP contribution in [-0.4, -0.2) is 12.2 Å². The molecule has 1 amide bonds. The van der Waals surface area contributed by atoms with Crippen LogP contribution in [0.2, 0.25) is 0 Å². The highest BCUT2D eigenvalue weighted by atomic mass is 16.1. The zero-order valence-electron chi connectivity index (χ0n) is 7.04. The van der Waals surface area contributed by atoms with Crippen molar-refractivity contribution in [1.82, 2.24) is 5.32 Å². The van der Waals surface area contributed by atoms with E-state index in [-0.39, 0.29) is 5.91 Å². The van der Waals surface area contributed by atoms with Gasteiger partial charge in [0.15, 0.2) is 0 Å². The van der Waals surface area contributed by atoms with Crippen molar-refractivity contribution >= 4 is 12.2 Å². The summed E-state index contributed by atoms with van der Waals surface area (Å²) in [6.45, 7) is 0.577. The third-order valence-electron chi connectivity index (χ3n) is 2.19. The van der Waals surface area contributed by atoms with Crippen LogP contribution in [0.15, 0.2) is 18.2 Å². The van der Waals surface area contributed by atoms with Gasteiger partial charge in [-0.3, -0.25) is 9.59 Å². The molecule has 0 fully saturated rings. The SMILES string of the molecule is O=Cc1ccc2c(c1)CC(=O)NC2. The quantitative estimate of drug-likeness (QED) is 0.638. The second kappa shape index (κ2) is 3.01. The molecule has 0 saturated carbocycles. The highest BCUT2D eigenvalue weighted by Gasteiger charge is 2.14. The van der Waals surface area contributed by atoms with E-state index in [4.69, 9.17) is 0 Å². The minimum atomic E-state index is 0.0237. The predicted molar refractivity (Wildman–Crippen MR) is 47.4 cm³/mol. The van der Waals surface area contributed by atoms with Gasteiger partial charge in [0.25, 0.3) is 0 Å². The third-order valence-corrected chi connectivity index (χ3v) is 2.19. The van der Waals surface area contributed by atoms with E-state index in [1.807, 2.05) is 6.07 Å². The van der Waals surface area contributed by atoms with Crippen LogP contribution in [0, 0.1) is 0 Å². The summed E-state index contributed by atoms with van der Waals surface area (Å²) < 4.78 is 0. The van der Waals surface area contributed by atoms with E-state index < -0.39 is 0 Å². The molecule has 1 N–H and O–H groups in total. The van der Waals surface area contributed by atoms with Crippen molar-refractivity contribution in [3.8, 4) is 0 Å². The lowest BCUT2D eigenvalue weighted by atomic mass is 9.98. The number of aldehydes is 1. The summed E-state index contributed by atoms with van der Waals surface area (Å²) >= 11 is 0. The monoisotopic (exact) mass is 175 g/mol. The van der Waals surface area contributed by atoms with Crippen LogP contribution in [0.25, 0.3) is 0 Å². The molecule has 1 aliphatic rings. The predicted octanol–water partition coefficient (Wildman–Crippen LogP) is 0.671. The van der Waals surface area contributed by atoms with Gasteiger partial charge in [-0.15, -0.1) is 0 Å². The maximum atomic E-state index is 11.0. The Morgan fingerprint density at radius 1 is 1.31 bits per heavy atom. The molecular weight excluding hydrogens is 166 g/mol. The molecule has 0 bridgehead atoms. The van der Waals surface area contributed by atoms with Crippen molar-refractivity contribution in [2.45, 2.75) is 13.0 Å². The second-order valence-corrected chi connectivity index (χ2v) is 3.10. The molecule has 1 heterocycles. The smallest absolute Gasteiger partial charge is 0.224 e. The second-order valence-electron chi connectivity index (χ2n) is 3.10. The third kappa shape index (κ3) is 1.45. The average Bonchev–Trinajstić information content (AvgIpc) is 2.16. The number of hydrogen-bond acceptors (Lipinski definition) is 2. The van der Waals surface area contributed by atoms with E-state index in [9.17, 15) is 9.59 Å². The van der Waals surface area contributed by atoms with Crippen molar-refractivity contribution in [1.29, 1.82) is 0 Å². The van der Waals surface area contributed by atoms with E-state index in [1.54, 1.807) is 12.1 Å². The average molecular weight is 175 g/mol. The van der Waals surface area contributed by atoms with Gasteiger partial charge in [0.05, 0.1) is 6.42 Å². The van der Waals surface area contributed by atoms with Gasteiger partial charge < -0.3 is 5.32 Å². The molecule has 1 aliphatic heterocycles. The van der Waals surface area contributed by atoms with E-state index in [0.717, 1.165) is 17.4 Å². The first-order chi connectivity index (χ1) is 6.29. The van der Waals surface area contributed by atoms with Gasteiger partial charge in [-0.25, -0.2) is 0 Å². The van der Waals surface area contributed by atoms with Crippen molar-refractivity contribution < 1.29 is 9.59 Å². The molecule has 13 heavy (non-hydrogen) atoms. The highest BCUT2D eigenvalue weighted by Crippen LogP contribution is 2.15. The first kappa shape index (κ1) is 7.98. The molecule has 2 rings (SSSR count).